The highest BCUT2D eigenvalue weighted by Crippen LogP contribution is 2.52. The van der Waals surface area contributed by atoms with E-state index in [-0.39, 0.29) is 29.7 Å². The van der Waals surface area contributed by atoms with Gasteiger partial charge in [0.15, 0.2) is 0 Å². The van der Waals surface area contributed by atoms with Crippen molar-refractivity contribution in [1.82, 2.24) is 5.32 Å². The third-order valence-electron chi connectivity index (χ3n) is 5.48. The number of carbonyl (C=O) groups is 2. The van der Waals surface area contributed by atoms with E-state index in [1.807, 2.05) is 31.2 Å². The standard InChI is InChI=1S/C18H23NO4/c1-10(11-5-7-14(23-2)8-6-11)19-17(20)15-12-3-4-13(9-12)16(15)18(21)22/h5-8,10,12-13,15-16H,3-4,9H2,1-2H3,(H,19,20)(H,21,22)/t10-,12-,13-,15+,16+/m0/s1. The maximum Gasteiger partial charge on any atom is 0.307 e. The predicted octanol–water partition coefficient (Wildman–Crippen LogP) is 2.62. The molecule has 124 valence electrons. The number of hydrogen-bond acceptors (Lipinski definition) is 3. The van der Waals surface area contributed by atoms with E-state index in [2.05, 4.69) is 5.32 Å². The molecule has 2 aliphatic carbocycles. The molecule has 3 rings (SSSR count). The number of amides is 1. The van der Waals surface area contributed by atoms with Crippen LogP contribution in [0.15, 0.2) is 24.3 Å². The first-order valence-electron chi connectivity index (χ1n) is 8.18. The minimum Gasteiger partial charge on any atom is -0.497 e. The van der Waals surface area contributed by atoms with Crippen LogP contribution in [0.25, 0.3) is 0 Å². The summed E-state index contributed by atoms with van der Waals surface area (Å²) in [4.78, 5) is 24.2. The summed E-state index contributed by atoms with van der Waals surface area (Å²) in [6.07, 6.45) is 2.80. The molecule has 2 bridgehead atoms. The zero-order chi connectivity index (χ0) is 16.6. The Bertz CT molecular complexity index is 598. The van der Waals surface area contributed by atoms with E-state index in [0.29, 0.717) is 0 Å². The van der Waals surface area contributed by atoms with Crippen molar-refractivity contribution >= 4 is 11.9 Å². The molecule has 5 atom stereocenters. The number of hydrogen-bond donors (Lipinski definition) is 2. The lowest BCUT2D eigenvalue weighted by molar-refractivity contribution is -0.149. The van der Waals surface area contributed by atoms with E-state index in [4.69, 9.17) is 4.74 Å². The molecule has 2 saturated carbocycles. The summed E-state index contributed by atoms with van der Waals surface area (Å²) >= 11 is 0. The predicted molar refractivity (Wildman–Crippen MR) is 85.0 cm³/mol. The molecule has 0 aromatic heterocycles. The number of rotatable bonds is 5. The van der Waals surface area contributed by atoms with Crippen LogP contribution in [0.2, 0.25) is 0 Å². The number of methoxy groups -OCH3 is 1. The fourth-order valence-electron chi connectivity index (χ4n) is 4.31. The summed E-state index contributed by atoms with van der Waals surface area (Å²) in [6.45, 7) is 1.92. The van der Waals surface area contributed by atoms with Crippen molar-refractivity contribution in [2.24, 2.45) is 23.7 Å². The van der Waals surface area contributed by atoms with E-state index in [9.17, 15) is 14.7 Å². The summed E-state index contributed by atoms with van der Waals surface area (Å²) in [5, 5.41) is 12.5. The first-order chi connectivity index (χ1) is 11.0. The highest BCUT2D eigenvalue weighted by atomic mass is 16.5. The molecule has 0 radical (unpaired) electrons. The van der Waals surface area contributed by atoms with Gasteiger partial charge in [-0.05, 0) is 55.7 Å². The van der Waals surface area contributed by atoms with Gasteiger partial charge in [-0.2, -0.15) is 0 Å². The average molecular weight is 317 g/mol. The van der Waals surface area contributed by atoms with Crippen molar-refractivity contribution in [2.45, 2.75) is 32.2 Å². The zero-order valence-electron chi connectivity index (χ0n) is 13.5. The monoisotopic (exact) mass is 317 g/mol. The number of aliphatic carboxylic acids is 1. The van der Waals surface area contributed by atoms with Crippen LogP contribution in [0, 0.1) is 23.7 Å². The molecule has 0 unspecified atom stereocenters. The number of fused-ring (bicyclic) bond motifs is 2. The van der Waals surface area contributed by atoms with Gasteiger partial charge in [0.2, 0.25) is 5.91 Å². The molecule has 1 aromatic rings. The van der Waals surface area contributed by atoms with Gasteiger partial charge in [0.25, 0.3) is 0 Å². The van der Waals surface area contributed by atoms with E-state index in [0.717, 1.165) is 30.6 Å². The van der Waals surface area contributed by atoms with E-state index in [1.54, 1.807) is 7.11 Å². The zero-order valence-corrected chi connectivity index (χ0v) is 13.5. The van der Waals surface area contributed by atoms with Crippen molar-refractivity contribution < 1.29 is 19.4 Å². The van der Waals surface area contributed by atoms with Gasteiger partial charge in [0.05, 0.1) is 25.0 Å². The van der Waals surface area contributed by atoms with Gasteiger partial charge >= 0.3 is 5.97 Å². The molecule has 23 heavy (non-hydrogen) atoms. The molecule has 5 nitrogen and oxygen atoms in total. The fraction of sp³-hybridized carbons (Fsp3) is 0.556. The summed E-state index contributed by atoms with van der Waals surface area (Å²) in [7, 11) is 1.61. The first-order valence-corrected chi connectivity index (χ1v) is 8.18. The highest BCUT2D eigenvalue weighted by molar-refractivity contribution is 5.86. The third-order valence-corrected chi connectivity index (χ3v) is 5.48. The lowest BCUT2D eigenvalue weighted by Gasteiger charge is -2.28. The van der Waals surface area contributed by atoms with E-state index in [1.165, 1.54) is 0 Å². The van der Waals surface area contributed by atoms with Crippen LogP contribution in [0.1, 0.15) is 37.8 Å². The number of ether oxygens (including phenoxy) is 1. The Labute approximate surface area is 136 Å². The van der Waals surface area contributed by atoms with Gasteiger partial charge in [-0.3, -0.25) is 9.59 Å². The Hall–Kier alpha value is -2.04. The van der Waals surface area contributed by atoms with Crippen LogP contribution >= 0.6 is 0 Å². The van der Waals surface area contributed by atoms with Gasteiger partial charge in [-0.15, -0.1) is 0 Å². The molecule has 1 amide bonds. The van der Waals surface area contributed by atoms with Crippen molar-refractivity contribution in [3.63, 3.8) is 0 Å². The Balaban J connectivity index is 1.69. The topological polar surface area (TPSA) is 75.6 Å². The molecule has 2 fully saturated rings. The van der Waals surface area contributed by atoms with Gasteiger partial charge in [0, 0.05) is 0 Å². The van der Waals surface area contributed by atoms with Crippen LogP contribution < -0.4 is 10.1 Å². The molecule has 2 aliphatic rings. The maximum atomic E-state index is 12.7. The van der Waals surface area contributed by atoms with Crippen LogP contribution in [0.3, 0.4) is 0 Å². The molecule has 0 spiro atoms. The van der Waals surface area contributed by atoms with Crippen molar-refractivity contribution in [3.8, 4) is 5.75 Å². The SMILES string of the molecule is COc1ccc([C@H](C)NC(=O)[C@@H]2[C@H]3CC[C@@H](C3)[C@H]2C(=O)O)cc1. The summed E-state index contributed by atoms with van der Waals surface area (Å²) in [5.74, 6) is -0.675. The largest absolute Gasteiger partial charge is 0.497 e. The van der Waals surface area contributed by atoms with Crippen molar-refractivity contribution in [1.29, 1.82) is 0 Å². The van der Waals surface area contributed by atoms with E-state index >= 15 is 0 Å². The number of carboxylic acid groups (broad SMARTS) is 1. The Morgan fingerprint density at radius 1 is 1.17 bits per heavy atom. The molecule has 5 heteroatoms. The van der Waals surface area contributed by atoms with Crippen molar-refractivity contribution in [3.05, 3.63) is 29.8 Å². The second-order valence-electron chi connectivity index (χ2n) is 6.73. The highest BCUT2D eigenvalue weighted by Gasteiger charge is 2.54. The molecule has 0 heterocycles. The van der Waals surface area contributed by atoms with Crippen LogP contribution in [0.5, 0.6) is 5.75 Å². The van der Waals surface area contributed by atoms with Gasteiger partial charge in [-0.25, -0.2) is 0 Å². The minimum absolute atomic E-state index is 0.118. The fourth-order valence-corrected chi connectivity index (χ4v) is 4.31. The maximum absolute atomic E-state index is 12.7. The summed E-state index contributed by atoms with van der Waals surface area (Å²) in [5.41, 5.74) is 0.981. The van der Waals surface area contributed by atoms with Gasteiger partial charge in [0.1, 0.15) is 5.75 Å². The lowest BCUT2D eigenvalue weighted by atomic mass is 9.78. The Morgan fingerprint density at radius 3 is 2.35 bits per heavy atom. The smallest absolute Gasteiger partial charge is 0.307 e. The molecule has 1 aromatic carbocycles. The number of carboxylic acids is 1. The number of nitrogens with one attached hydrogen (secondary N) is 1. The summed E-state index contributed by atoms with van der Waals surface area (Å²) in [6, 6.07) is 7.39. The molecule has 0 saturated heterocycles. The number of carbonyl (C=O) groups excluding carboxylic acids is 1. The second kappa shape index (κ2) is 6.22. The lowest BCUT2D eigenvalue weighted by Crippen LogP contribution is -2.42. The Morgan fingerprint density at radius 2 is 1.78 bits per heavy atom. The van der Waals surface area contributed by atoms with E-state index < -0.39 is 11.9 Å². The molecular formula is C18H23NO4. The average Bonchev–Trinajstić information content (AvgIpc) is 3.15. The third kappa shape index (κ3) is 2.92. The van der Waals surface area contributed by atoms with Crippen LogP contribution in [-0.4, -0.2) is 24.1 Å². The van der Waals surface area contributed by atoms with Gasteiger partial charge in [-0.1, -0.05) is 12.1 Å². The first kappa shape index (κ1) is 15.8. The normalized spacial score (nSPS) is 30.0. The molecule has 2 N–H and O–H groups in total. The summed E-state index contributed by atoms with van der Waals surface area (Å²) < 4.78 is 5.13. The molecule has 0 aliphatic heterocycles. The second-order valence-corrected chi connectivity index (χ2v) is 6.73. The van der Waals surface area contributed by atoms with Gasteiger partial charge < -0.3 is 15.2 Å². The number of benzene rings is 1. The van der Waals surface area contributed by atoms with Crippen LogP contribution in [0.4, 0.5) is 0 Å². The van der Waals surface area contributed by atoms with Crippen molar-refractivity contribution in [2.75, 3.05) is 7.11 Å². The quantitative estimate of drug-likeness (QED) is 0.875. The van der Waals surface area contributed by atoms with Crippen LogP contribution in [-0.2, 0) is 9.59 Å². The minimum atomic E-state index is -0.825. The molecular weight excluding hydrogens is 294 g/mol. The Kier molecular flexibility index (Phi) is 4.28.